The van der Waals surface area contributed by atoms with Crippen molar-refractivity contribution >= 4 is 47.3 Å². The van der Waals surface area contributed by atoms with Gasteiger partial charge in [0.15, 0.2) is 0 Å². The summed E-state index contributed by atoms with van der Waals surface area (Å²) in [7, 11) is 0.777. The Labute approximate surface area is 273 Å². The van der Waals surface area contributed by atoms with Crippen molar-refractivity contribution in [3.05, 3.63) is 155 Å². The number of fused-ring (bicyclic) bond motifs is 3. The molecule has 0 heterocycles. The molecule has 0 aliphatic heterocycles. The van der Waals surface area contributed by atoms with Gasteiger partial charge in [-0.1, -0.05) is 125 Å². The van der Waals surface area contributed by atoms with Crippen LogP contribution in [0.5, 0.6) is 0 Å². The standard InChI is InChI=1S/C13H9.C12H10Si.C10H13NO.2ClH.Ti/c1-3-7-12-10(5-1)9-11-6-2-4-8-13(11)12;1-3-7-11(8-4-1)13-12-9-5-2-6-10-12;1-6-4-7(2)9(10(11)12)8(3)5-6;;;/h1-9H;1-10H;4-5H,1-3H3,(H2,11,12);2*1H;/q-1;;;;;+4/p-3. The van der Waals surface area contributed by atoms with Crippen molar-refractivity contribution in [2.45, 2.75) is 20.8 Å². The molecule has 2 radical (unpaired) electrons. The largest absolute Gasteiger partial charge is 4.00 e. The molecule has 1 amide bonds. The van der Waals surface area contributed by atoms with Crippen molar-refractivity contribution < 1.29 is 51.3 Å². The molecular formula is C35H31Cl2NOSiTi. The Kier molecular flexibility index (Phi) is 15.5. The van der Waals surface area contributed by atoms with Gasteiger partial charge in [-0.25, -0.2) is 0 Å². The first-order chi connectivity index (χ1) is 18.4. The van der Waals surface area contributed by atoms with Gasteiger partial charge in [0.05, 0.1) is 5.91 Å². The minimum absolute atomic E-state index is 0. The fourth-order valence-corrected chi connectivity index (χ4v) is 5.70. The maximum absolute atomic E-state index is 10.9. The summed E-state index contributed by atoms with van der Waals surface area (Å²) in [6.45, 7) is 5.71. The van der Waals surface area contributed by atoms with E-state index < -0.39 is 5.91 Å². The van der Waals surface area contributed by atoms with Crippen LogP contribution in [0, 0.1) is 20.8 Å². The Hall–Kier alpha value is -3.05. The van der Waals surface area contributed by atoms with E-state index in [-0.39, 0.29) is 46.5 Å². The van der Waals surface area contributed by atoms with E-state index in [9.17, 15) is 4.79 Å². The Balaban J connectivity index is 0.000000297. The number of carbonyl (C=O) groups excluding carboxylic acids is 1. The molecule has 0 saturated carbocycles. The molecule has 6 rings (SSSR count). The summed E-state index contributed by atoms with van der Waals surface area (Å²) < 4.78 is 0. The van der Waals surface area contributed by atoms with E-state index in [4.69, 9.17) is 5.73 Å². The molecule has 0 fully saturated rings. The van der Waals surface area contributed by atoms with Gasteiger partial charge in [-0.3, -0.25) is 0 Å². The maximum Gasteiger partial charge on any atom is 4.00 e. The number of benzene rings is 5. The average Bonchev–Trinajstić information content (AvgIpc) is 3.29. The third kappa shape index (κ3) is 10.1. The normalized spacial score (nSPS) is 9.54. The molecule has 0 aromatic heterocycles. The summed E-state index contributed by atoms with van der Waals surface area (Å²) in [5.74, 6) is -0.593. The summed E-state index contributed by atoms with van der Waals surface area (Å²) >= 11 is 0. The average molecular weight is 628 g/mol. The van der Waals surface area contributed by atoms with Crippen LogP contribution in [-0.4, -0.2) is 15.4 Å². The van der Waals surface area contributed by atoms with Crippen LogP contribution in [-0.2, 0) is 21.7 Å². The van der Waals surface area contributed by atoms with Crippen molar-refractivity contribution in [2.24, 2.45) is 0 Å². The van der Waals surface area contributed by atoms with Crippen molar-refractivity contribution in [1.82, 2.24) is 0 Å². The minimum Gasteiger partial charge on any atom is -1.00 e. The summed E-state index contributed by atoms with van der Waals surface area (Å²) in [5.41, 5.74) is 10.5. The predicted octanol–water partition coefficient (Wildman–Crippen LogP) is 1.86. The summed E-state index contributed by atoms with van der Waals surface area (Å²) in [5, 5.41) is 8.19. The number of aryl methyl sites for hydroxylation is 3. The van der Waals surface area contributed by atoms with Crippen molar-refractivity contribution in [3.8, 4) is 0 Å². The molecule has 0 saturated heterocycles. The van der Waals surface area contributed by atoms with Gasteiger partial charge < -0.3 is 35.3 Å². The van der Waals surface area contributed by atoms with Gasteiger partial charge in [0.2, 0.25) is 0 Å². The van der Waals surface area contributed by atoms with Gasteiger partial charge in [0.1, 0.15) is 9.52 Å². The van der Waals surface area contributed by atoms with Gasteiger partial charge in [-0.05, 0) is 31.9 Å². The zero-order valence-electron chi connectivity index (χ0n) is 23.3. The second kappa shape index (κ2) is 17.7. The van der Waals surface area contributed by atoms with Crippen LogP contribution in [0.4, 0.5) is 0 Å². The van der Waals surface area contributed by atoms with Crippen LogP contribution in [0.2, 0.25) is 0 Å². The first-order valence-electron chi connectivity index (χ1n) is 12.7. The first-order valence-corrected chi connectivity index (χ1v) is 13.7. The molecule has 0 bridgehead atoms. The Morgan fingerprint density at radius 1 is 0.610 bits per heavy atom. The molecule has 0 aliphatic rings. The van der Waals surface area contributed by atoms with Crippen LogP contribution >= 0.6 is 0 Å². The molecule has 0 unspecified atom stereocenters. The second-order valence-corrected chi connectivity index (χ2v) is 10.7. The second-order valence-electron chi connectivity index (χ2n) is 9.28. The van der Waals surface area contributed by atoms with Gasteiger partial charge >= 0.3 is 21.7 Å². The fraction of sp³-hybridized carbons (Fsp3) is 0.0857. The zero-order chi connectivity index (χ0) is 26.9. The molecule has 6 aromatic carbocycles. The number of amides is 1. The van der Waals surface area contributed by atoms with Gasteiger partial charge in [0.25, 0.3) is 0 Å². The van der Waals surface area contributed by atoms with Crippen LogP contribution in [0.1, 0.15) is 27.0 Å². The van der Waals surface area contributed by atoms with E-state index in [0.717, 1.165) is 26.2 Å². The van der Waals surface area contributed by atoms with Crippen LogP contribution in [0.3, 0.4) is 0 Å². The summed E-state index contributed by atoms with van der Waals surface area (Å²) in [4.78, 5) is 10.9. The quantitative estimate of drug-likeness (QED) is 0.218. The Bertz CT molecular complexity index is 1540. The molecule has 6 heteroatoms. The van der Waals surface area contributed by atoms with E-state index in [1.54, 1.807) is 0 Å². The fourth-order valence-electron chi connectivity index (χ4n) is 4.65. The monoisotopic (exact) mass is 627 g/mol. The molecule has 6 aromatic rings. The molecular weight excluding hydrogens is 597 g/mol. The third-order valence-electron chi connectivity index (χ3n) is 6.26. The summed E-state index contributed by atoms with van der Waals surface area (Å²) in [6, 6.07) is 44.3. The molecule has 41 heavy (non-hydrogen) atoms. The number of hydrogen-bond acceptors (Lipinski definition) is 1. The van der Waals surface area contributed by atoms with Crippen molar-refractivity contribution in [2.75, 3.05) is 0 Å². The molecule has 0 aliphatic carbocycles. The number of halogens is 2. The van der Waals surface area contributed by atoms with Gasteiger partial charge in [-0.2, -0.15) is 0 Å². The Morgan fingerprint density at radius 3 is 1.37 bits per heavy atom. The number of hydrogen-bond donors (Lipinski definition) is 0. The van der Waals surface area contributed by atoms with Crippen LogP contribution < -0.4 is 35.2 Å². The van der Waals surface area contributed by atoms with Crippen molar-refractivity contribution in [3.63, 3.8) is 0 Å². The SMILES string of the molecule is Cc1cc(C)c(C([NH-])=O)c(C)c1.[Cl-].[Cl-].[Ti+4].c1ccc([Si]c2ccccc2)cc1.c1ccc2c(c1)[cH-]c1ccccc12. The van der Waals surface area contributed by atoms with E-state index in [2.05, 4.69) is 115 Å². The Morgan fingerprint density at radius 2 is 0.976 bits per heavy atom. The maximum atomic E-state index is 10.9. The zero-order valence-corrected chi connectivity index (χ0v) is 27.4. The first kappa shape index (κ1) is 36.0. The van der Waals surface area contributed by atoms with Gasteiger partial charge in [-0.15, -0.1) is 39.7 Å². The van der Waals surface area contributed by atoms with Gasteiger partial charge in [0, 0.05) is 5.56 Å². The van der Waals surface area contributed by atoms with Crippen LogP contribution in [0.25, 0.3) is 27.3 Å². The van der Waals surface area contributed by atoms with E-state index in [1.165, 1.54) is 31.9 Å². The minimum atomic E-state index is -0.593. The smallest absolute Gasteiger partial charge is 1.00 e. The van der Waals surface area contributed by atoms with E-state index >= 15 is 0 Å². The number of rotatable bonds is 3. The van der Waals surface area contributed by atoms with Crippen LogP contribution in [0.15, 0.2) is 127 Å². The predicted molar refractivity (Wildman–Crippen MR) is 164 cm³/mol. The van der Waals surface area contributed by atoms with E-state index in [0.29, 0.717) is 5.56 Å². The third-order valence-corrected chi connectivity index (χ3v) is 7.51. The molecule has 204 valence electrons. The topological polar surface area (TPSA) is 40.9 Å². The summed E-state index contributed by atoms with van der Waals surface area (Å²) in [6.07, 6.45) is 0. The molecule has 0 spiro atoms. The number of nitrogens with one attached hydrogen (secondary N) is 1. The molecule has 0 atom stereocenters. The molecule has 1 N–H and O–H groups in total. The van der Waals surface area contributed by atoms with E-state index in [1.807, 2.05) is 32.9 Å². The molecule has 2 nitrogen and oxygen atoms in total. The van der Waals surface area contributed by atoms with Crippen molar-refractivity contribution in [1.29, 1.82) is 0 Å². The number of carbonyl (C=O) groups is 1.